The monoisotopic (exact) mass is 457 g/mol. The van der Waals surface area contributed by atoms with E-state index in [1.807, 2.05) is 0 Å². The second kappa shape index (κ2) is 13.8. The lowest BCUT2D eigenvalue weighted by Gasteiger charge is -2.20. The molecule has 0 aliphatic rings. The Bertz CT molecular complexity index is 812. The number of hydrogen-bond donors (Lipinski definition) is 4. The van der Waals surface area contributed by atoms with Crippen molar-refractivity contribution in [2.45, 2.75) is 38.5 Å². The first kappa shape index (κ1) is 26.7. The molecular formula is C20H35N5O5S. The van der Waals surface area contributed by atoms with Crippen LogP contribution in [-0.2, 0) is 19.6 Å². The first-order chi connectivity index (χ1) is 14.8. The number of rotatable bonds is 14. The zero-order valence-electron chi connectivity index (χ0n) is 18.8. The van der Waals surface area contributed by atoms with Gasteiger partial charge in [0.2, 0.25) is 15.9 Å². The predicted octanol–water partition coefficient (Wildman–Crippen LogP) is 1.81. The van der Waals surface area contributed by atoms with Gasteiger partial charge in [-0.05, 0) is 24.6 Å². The summed E-state index contributed by atoms with van der Waals surface area (Å²) in [5.74, 6) is -0.550. The van der Waals surface area contributed by atoms with Gasteiger partial charge in [-0.1, -0.05) is 27.2 Å². The van der Waals surface area contributed by atoms with E-state index in [0.29, 0.717) is 37.6 Å². The summed E-state index contributed by atoms with van der Waals surface area (Å²) >= 11 is 0. The van der Waals surface area contributed by atoms with Crippen LogP contribution in [0.3, 0.4) is 0 Å². The maximum Gasteiger partial charge on any atom is 0.321 e. The summed E-state index contributed by atoms with van der Waals surface area (Å²) < 4.78 is 31.9. The van der Waals surface area contributed by atoms with Crippen molar-refractivity contribution >= 4 is 33.3 Å². The van der Waals surface area contributed by atoms with E-state index < -0.39 is 22.0 Å². The number of nitrogens with zero attached hydrogens (tertiary/aromatic N) is 1. The molecule has 0 aliphatic heterocycles. The van der Waals surface area contributed by atoms with Crippen molar-refractivity contribution in [3.8, 4) is 0 Å². The smallest absolute Gasteiger partial charge is 0.321 e. The molecule has 0 bridgehead atoms. The Kier molecular flexibility index (Phi) is 11.9. The Morgan fingerprint density at radius 3 is 2.35 bits per heavy atom. The van der Waals surface area contributed by atoms with Gasteiger partial charge in [0, 0.05) is 33.3 Å². The van der Waals surface area contributed by atoms with Crippen LogP contribution in [0.25, 0.3) is 0 Å². The SMILES string of the molecule is CCCCNc1ccc(S(=O)(=O)N(CC)CC)cc1NCC(=O)NC(=O)NCCOC. The van der Waals surface area contributed by atoms with E-state index in [-0.39, 0.29) is 18.0 Å². The normalized spacial score (nSPS) is 11.3. The molecule has 1 rings (SSSR count). The zero-order valence-corrected chi connectivity index (χ0v) is 19.6. The Labute approximate surface area is 185 Å². The van der Waals surface area contributed by atoms with Crippen LogP contribution < -0.4 is 21.3 Å². The van der Waals surface area contributed by atoms with Crippen LogP contribution in [0.1, 0.15) is 33.6 Å². The van der Waals surface area contributed by atoms with E-state index in [1.54, 1.807) is 26.0 Å². The molecule has 3 amide bonds. The molecule has 10 nitrogen and oxygen atoms in total. The van der Waals surface area contributed by atoms with Crippen molar-refractivity contribution < 1.29 is 22.7 Å². The standard InChI is InChI=1S/C20H35N5O5S/c1-5-8-11-21-17-10-9-16(31(28,29)25(6-2)7-3)14-18(17)23-15-19(26)24-20(27)22-12-13-30-4/h9-10,14,21,23H,5-8,11-13,15H2,1-4H3,(H2,22,24,26,27). The number of hydrogen-bond acceptors (Lipinski definition) is 7. The quantitative estimate of drug-likeness (QED) is 0.314. The van der Waals surface area contributed by atoms with Gasteiger partial charge in [-0.25, -0.2) is 13.2 Å². The Hall–Kier alpha value is -2.37. The number of carbonyl (C=O) groups is 2. The Morgan fingerprint density at radius 1 is 1.03 bits per heavy atom. The van der Waals surface area contributed by atoms with E-state index in [4.69, 9.17) is 4.74 Å². The van der Waals surface area contributed by atoms with E-state index in [9.17, 15) is 18.0 Å². The van der Waals surface area contributed by atoms with Gasteiger partial charge in [0.15, 0.2) is 0 Å². The van der Waals surface area contributed by atoms with Gasteiger partial charge in [0.1, 0.15) is 0 Å². The molecule has 0 aromatic heterocycles. The largest absolute Gasteiger partial charge is 0.383 e. The molecule has 0 atom stereocenters. The van der Waals surface area contributed by atoms with Crippen LogP contribution in [-0.4, -0.2) is 71.1 Å². The van der Waals surface area contributed by atoms with Crippen molar-refractivity contribution in [2.24, 2.45) is 0 Å². The lowest BCUT2D eigenvalue weighted by atomic mass is 10.2. The minimum absolute atomic E-state index is 0.137. The number of ether oxygens (including phenoxy) is 1. The van der Waals surface area contributed by atoms with Gasteiger partial charge in [0.05, 0.1) is 29.4 Å². The van der Waals surface area contributed by atoms with Gasteiger partial charge in [-0.15, -0.1) is 0 Å². The number of unbranched alkanes of at least 4 members (excludes halogenated alkanes) is 1. The highest BCUT2D eigenvalue weighted by molar-refractivity contribution is 7.89. The topological polar surface area (TPSA) is 129 Å². The number of imide groups is 1. The van der Waals surface area contributed by atoms with Gasteiger partial charge in [-0.2, -0.15) is 4.31 Å². The van der Waals surface area contributed by atoms with Crippen molar-refractivity contribution in [3.63, 3.8) is 0 Å². The zero-order chi connectivity index (χ0) is 23.3. The number of anilines is 2. The summed E-state index contributed by atoms with van der Waals surface area (Å²) in [6.07, 6.45) is 1.95. The molecule has 0 saturated carbocycles. The van der Waals surface area contributed by atoms with Crippen LogP contribution in [0.15, 0.2) is 23.1 Å². The lowest BCUT2D eigenvalue weighted by molar-refractivity contribution is -0.118. The molecule has 0 aliphatic carbocycles. The first-order valence-electron chi connectivity index (χ1n) is 10.5. The molecule has 1 aromatic carbocycles. The van der Waals surface area contributed by atoms with Crippen molar-refractivity contribution in [3.05, 3.63) is 18.2 Å². The van der Waals surface area contributed by atoms with Crippen molar-refractivity contribution in [1.82, 2.24) is 14.9 Å². The average molecular weight is 458 g/mol. The molecule has 0 unspecified atom stereocenters. The minimum atomic E-state index is -3.65. The van der Waals surface area contributed by atoms with Crippen LogP contribution in [0.2, 0.25) is 0 Å². The fourth-order valence-electron chi connectivity index (χ4n) is 2.75. The van der Waals surface area contributed by atoms with Gasteiger partial charge < -0.3 is 20.7 Å². The average Bonchev–Trinajstić information content (AvgIpc) is 2.73. The van der Waals surface area contributed by atoms with E-state index in [1.165, 1.54) is 17.5 Å². The second-order valence-electron chi connectivity index (χ2n) is 6.73. The van der Waals surface area contributed by atoms with Crippen LogP contribution in [0, 0.1) is 0 Å². The van der Waals surface area contributed by atoms with Gasteiger partial charge in [0.25, 0.3) is 0 Å². The molecule has 11 heteroatoms. The summed E-state index contributed by atoms with van der Waals surface area (Å²) in [7, 11) is -2.14. The second-order valence-corrected chi connectivity index (χ2v) is 8.67. The summed E-state index contributed by atoms with van der Waals surface area (Å²) in [6.45, 7) is 7.47. The number of amides is 3. The van der Waals surface area contributed by atoms with Crippen LogP contribution in [0.4, 0.5) is 16.2 Å². The molecule has 0 radical (unpaired) electrons. The number of nitrogens with one attached hydrogen (secondary N) is 4. The molecular weight excluding hydrogens is 422 g/mol. The number of urea groups is 1. The molecule has 0 saturated heterocycles. The van der Waals surface area contributed by atoms with Crippen molar-refractivity contribution in [1.29, 1.82) is 0 Å². The minimum Gasteiger partial charge on any atom is -0.383 e. The van der Waals surface area contributed by atoms with Gasteiger partial charge in [-0.3, -0.25) is 10.1 Å². The molecule has 31 heavy (non-hydrogen) atoms. The molecule has 0 fully saturated rings. The van der Waals surface area contributed by atoms with E-state index in [0.717, 1.165) is 12.8 Å². The predicted molar refractivity (Wildman–Crippen MR) is 122 cm³/mol. The fraction of sp³-hybridized carbons (Fsp3) is 0.600. The molecule has 1 aromatic rings. The fourth-order valence-corrected chi connectivity index (χ4v) is 4.24. The Balaban J connectivity index is 2.95. The van der Waals surface area contributed by atoms with Crippen LogP contribution in [0.5, 0.6) is 0 Å². The maximum atomic E-state index is 12.9. The number of benzene rings is 1. The van der Waals surface area contributed by atoms with Crippen LogP contribution >= 0.6 is 0 Å². The summed E-state index contributed by atoms with van der Waals surface area (Å²) in [6, 6.07) is 4.12. The Morgan fingerprint density at radius 2 is 1.74 bits per heavy atom. The molecule has 0 heterocycles. The summed E-state index contributed by atoms with van der Waals surface area (Å²) in [5.41, 5.74) is 1.16. The number of sulfonamides is 1. The number of methoxy groups -OCH3 is 1. The molecule has 0 spiro atoms. The maximum absolute atomic E-state index is 12.9. The third-order valence-electron chi connectivity index (χ3n) is 4.46. The van der Waals surface area contributed by atoms with Gasteiger partial charge >= 0.3 is 6.03 Å². The number of carbonyl (C=O) groups excluding carboxylic acids is 2. The van der Waals surface area contributed by atoms with E-state index >= 15 is 0 Å². The third-order valence-corrected chi connectivity index (χ3v) is 6.51. The summed E-state index contributed by atoms with van der Waals surface area (Å²) in [5, 5.41) is 10.9. The molecule has 4 N–H and O–H groups in total. The third kappa shape index (κ3) is 8.72. The highest BCUT2D eigenvalue weighted by Gasteiger charge is 2.22. The highest BCUT2D eigenvalue weighted by atomic mass is 32.2. The van der Waals surface area contributed by atoms with E-state index in [2.05, 4.69) is 28.2 Å². The first-order valence-corrected chi connectivity index (χ1v) is 11.9. The molecule has 176 valence electrons. The van der Waals surface area contributed by atoms with Crippen molar-refractivity contribution in [2.75, 3.05) is 57.1 Å². The summed E-state index contributed by atoms with van der Waals surface area (Å²) in [4.78, 5) is 23.9. The lowest BCUT2D eigenvalue weighted by Crippen LogP contribution is -2.43. The highest BCUT2D eigenvalue weighted by Crippen LogP contribution is 2.27.